The molecule has 0 aliphatic heterocycles. The molecule has 0 aromatic rings. The Morgan fingerprint density at radius 1 is 0.848 bits per heavy atom. The summed E-state index contributed by atoms with van der Waals surface area (Å²) in [5.74, 6) is 3.39. The lowest BCUT2D eigenvalue weighted by Crippen LogP contribution is -2.40. The quantitative estimate of drug-likeness (QED) is 0.188. The number of rotatable bonds is 12. The van der Waals surface area contributed by atoms with Gasteiger partial charge in [-0.1, -0.05) is 54.4 Å². The van der Waals surface area contributed by atoms with Gasteiger partial charge >= 0.3 is 7.60 Å². The molecular formula is C26H51ClO4P2. The molecule has 0 bridgehead atoms. The van der Waals surface area contributed by atoms with Crippen LogP contribution in [0.4, 0.5) is 0 Å². The zero-order valence-electron chi connectivity index (χ0n) is 22.5. The van der Waals surface area contributed by atoms with Crippen LogP contribution in [0, 0.1) is 35.5 Å². The molecule has 2 fully saturated rings. The average molecular weight is 525 g/mol. The van der Waals surface area contributed by atoms with Crippen LogP contribution in [0.3, 0.4) is 0 Å². The van der Waals surface area contributed by atoms with Gasteiger partial charge in [-0.25, -0.2) is 0 Å². The Morgan fingerprint density at radius 3 is 1.61 bits per heavy atom. The molecule has 2 rings (SSSR count). The first-order valence-electron chi connectivity index (χ1n) is 13.5. The lowest BCUT2D eigenvalue weighted by Gasteiger charge is -2.49. The minimum Gasteiger partial charge on any atom is -0.342 e. The normalized spacial score (nSPS) is 32.6. The third-order valence-electron chi connectivity index (χ3n) is 7.97. The van der Waals surface area contributed by atoms with E-state index in [9.17, 15) is 4.57 Å². The Hall–Kier alpha value is 0.830. The maximum Gasteiger partial charge on any atom is 0.360 e. The smallest absolute Gasteiger partial charge is 0.342 e. The van der Waals surface area contributed by atoms with E-state index in [0.717, 1.165) is 0 Å². The fraction of sp³-hybridized carbons (Fsp3) is 1.00. The second-order valence-electron chi connectivity index (χ2n) is 11.2. The van der Waals surface area contributed by atoms with Gasteiger partial charge in [0, 0.05) is 19.5 Å². The second kappa shape index (κ2) is 13.9. The minimum absolute atomic E-state index is 0.138. The lowest BCUT2D eigenvalue weighted by atomic mass is 9.76. The van der Waals surface area contributed by atoms with Crippen molar-refractivity contribution in [1.82, 2.24) is 0 Å². The van der Waals surface area contributed by atoms with Crippen molar-refractivity contribution in [3.63, 3.8) is 0 Å². The molecular weight excluding hydrogens is 474 g/mol. The summed E-state index contributed by atoms with van der Waals surface area (Å²) < 4.78 is 32.2. The third kappa shape index (κ3) is 7.90. The van der Waals surface area contributed by atoms with E-state index in [4.69, 9.17) is 25.2 Å². The first-order valence-corrected chi connectivity index (χ1v) is 17.0. The van der Waals surface area contributed by atoms with Crippen LogP contribution in [-0.2, 0) is 18.1 Å². The fourth-order valence-electron chi connectivity index (χ4n) is 6.17. The van der Waals surface area contributed by atoms with Crippen LogP contribution >= 0.6 is 27.3 Å². The predicted octanol–water partition coefficient (Wildman–Crippen LogP) is 9.15. The van der Waals surface area contributed by atoms with Crippen molar-refractivity contribution in [2.24, 2.45) is 35.5 Å². The highest BCUT2D eigenvalue weighted by molar-refractivity contribution is 7.57. The molecule has 2 saturated carbocycles. The van der Waals surface area contributed by atoms with E-state index in [2.05, 4.69) is 41.5 Å². The molecule has 7 atom stereocenters. The molecule has 0 spiro atoms. The highest BCUT2D eigenvalue weighted by atomic mass is 35.5. The second-order valence-corrected chi connectivity index (χ2v) is 16.0. The van der Waals surface area contributed by atoms with Crippen molar-refractivity contribution in [3.8, 4) is 0 Å². The Morgan fingerprint density at radius 2 is 1.27 bits per heavy atom. The van der Waals surface area contributed by atoms with Crippen LogP contribution in [0.5, 0.6) is 0 Å². The van der Waals surface area contributed by atoms with Crippen molar-refractivity contribution in [3.05, 3.63) is 0 Å². The molecule has 196 valence electrons. The molecule has 0 N–H and O–H groups in total. The van der Waals surface area contributed by atoms with Crippen molar-refractivity contribution in [2.75, 3.05) is 19.1 Å². The van der Waals surface area contributed by atoms with E-state index in [0.29, 0.717) is 60.0 Å². The number of alkyl halides is 1. The molecule has 33 heavy (non-hydrogen) atoms. The molecule has 0 unspecified atom stereocenters. The topological polar surface area (TPSA) is 44.8 Å². The van der Waals surface area contributed by atoms with Crippen LogP contribution in [0.1, 0.15) is 93.9 Å². The summed E-state index contributed by atoms with van der Waals surface area (Å²) in [5.41, 5.74) is 1.03. The summed E-state index contributed by atoms with van der Waals surface area (Å²) in [6, 6.07) is 0. The maximum atomic E-state index is 13.8. The molecule has 0 heterocycles. The standard InChI is InChI=1S/C26H51ClO4P2/c1-9-29-33(28,30-10-2)26(17-27)31-32(24-15-20(7)11-13-22(24)18(3)4)25-16-21(8)12-14-23(25)19(5)6/h18-26H,9-17H2,1-8H3/t20-,21-,22+,23+,24-,25-,26+/m1/s1. The zero-order valence-corrected chi connectivity index (χ0v) is 25.0. The van der Waals surface area contributed by atoms with Crippen LogP contribution in [0.15, 0.2) is 0 Å². The van der Waals surface area contributed by atoms with Crippen molar-refractivity contribution < 1.29 is 18.1 Å². The van der Waals surface area contributed by atoms with Gasteiger partial charge in [0.15, 0.2) is 5.85 Å². The van der Waals surface area contributed by atoms with Gasteiger partial charge in [-0.05, 0) is 75.0 Å². The summed E-state index contributed by atoms with van der Waals surface area (Å²) in [7, 11) is -4.28. The molecule has 4 nitrogen and oxygen atoms in total. The summed E-state index contributed by atoms with van der Waals surface area (Å²) in [4.78, 5) is 0. The average Bonchev–Trinajstić information content (AvgIpc) is 2.74. The van der Waals surface area contributed by atoms with Crippen LogP contribution in [0.2, 0.25) is 0 Å². The third-order valence-corrected chi connectivity index (χ3v) is 13.9. The number of halogens is 1. The predicted molar refractivity (Wildman–Crippen MR) is 144 cm³/mol. The van der Waals surface area contributed by atoms with Gasteiger partial charge in [0.25, 0.3) is 0 Å². The highest BCUT2D eigenvalue weighted by Gasteiger charge is 2.48. The molecule has 7 heteroatoms. The molecule has 2 aliphatic carbocycles. The highest BCUT2D eigenvalue weighted by Crippen LogP contribution is 2.66. The first-order chi connectivity index (χ1) is 15.6. The zero-order chi connectivity index (χ0) is 24.8. The summed E-state index contributed by atoms with van der Waals surface area (Å²) in [6.45, 7) is 18.6. The van der Waals surface area contributed by atoms with Crippen LogP contribution in [0.25, 0.3) is 0 Å². The fourth-order valence-corrected chi connectivity index (χ4v) is 12.9. The van der Waals surface area contributed by atoms with Gasteiger partial charge in [0.05, 0.1) is 19.1 Å². The van der Waals surface area contributed by atoms with E-state index >= 15 is 0 Å². The molecule has 0 radical (unpaired) electrons. The van der Waals surface area contributed by atoms with Gasteiger partial charge in [-0.2, -0.15) is 0 Å². The van der Waals surface area contributed by atoms with Crippen LogP contribution in [-0.4, -0.2) is 36.3 Å². The van der Waals surface area contributed by atoms with Crippen molar-refractivity contribution in [2.45, 2.75) is 111 Å². The first kappa shape index (κ1) is 30.1. The van der Waals surface area contributed by atoms with Gasteiger partial charge in [0.1, 0.15) is 0 Å². The van der Waals surface area contributed by atoms with Gasteiger partial charge in [0.2, 0.25) is 0 Å². The molecule has 0 aromatic carbocycles. The van der Waals surface area contributed by atoms with Gasteiger partial charge in [-0.3, -0.25) is 4.57 Å². The Bertz CT molecular complexity index is 575. The van der Waals surface area contributed by atoms with Gasteiger partial charge < -0.3 is 13.6 Å². The van der Waals surface area contributed by atoms with E-state index in [1.165, 1.54) is 38.5 Å². The van der Waals surface area contributed by atoms with Crippen LogP contribution < -0.4 is 0 Å². The Kier molecular flexibility index (Phi) is 12.7. The SMILES string of the molecule is CCOP(=O)(OCC)[C@@H](CCl)OP([C@@H]1C[C@H](C)CC[C@H]1C(C)C)[C@@H]1C[C@H](C)CC[C@H]1C(C)C. The van der Waals surface area contributed by atoms with Gasteiger partial charge in [-0.15, -0.1) is 11.6 Å². The maximum absolute atomic E-state index is 13.8. The van der Waals surface area contributed by atoms with E-state index in [1.54, 1.807) is 0 Å². The summed E-state index contributed by atoms with van der Waals surface area (Å²) in [6.07, 6.45) is 7.53. The Labute approximate surface area is 211 Å². The van der Waals surface area contributed by atoms with E-state index < -0.39 is 21.6 Å². The monoisotopic (exact) mass is 524 g/mol. The minimum atomic E-state index is -3.44. The summed E-state index contributed by atoms with van der Waals surface area (Å²) in [5, 5.41) is 0. The Balaban J connectivity index is 2.49. The van der Waals surface area contributed by atoms with E-state index in [-0.39, 0.29) is 5.88 Å². The van der Waals surface area contributed by atoms with E-state index in [1.807, 2.05) is 13.8 Å². The largest absolute Gasteiger partial charge is 0.360 e. The summed E-state index contributed by atoms with van der Waals surface area (Å²) >= 11 is 6.45. The molecule has 0 amide bonds. The van der Waals surface area contributed by atoms with Crippen molar-refractivity contribution >= 4 is 27.3 Å². The molecule has 2 aliphatic rings. The molecule has 0 saturated heterocycles. The number of hydrogen-bond donors (Lipinski definition) is 0. The number of hydrogen-bond acceptors (Lipinski definition) is 4. The lowest BCUT2D eigenvalue weighted by molar-refractivity contribution is 0.161. The molecule has 0 aromatic heterocycles. The van der Waals surface area contributed by atoms with Crippen molar-refractivity contribution in [1.29, 1.82) is 0 Å².